The van der Waals surface area contributed by atoms with Gasteiger partial charge in [-0.1, -0.05) is 0 Å². The first-order valence-electron chi connectivity index (χ1n) is 5.05. The molecule has 0 aliphatic rings. The van der Waals surface area contributed by atoms with Crippen molar-refractivity contribution in [2.24, 2.45) is 5.84 Å². The fourth-order valence-corrected chi connectivity index (χ4v) is 1.35. The Labute approximate surface area is 102 Å². The maximum Gasteiger partial charge on any atom is 0.258 e. The zero-order chi connectivity index (χ0) is 13.0. The summed E-state index contributed by atoms with van der Waals surface area (Å²) < 4.78 is 13.7. The predicted molar refractivity (Wildman–Crippen MR) is 64.2 cm³/mol. The molecule has 0 aliphatic heterocycles. The quantitative estimate of drug-likeness (QED) is 0.559. The monoisotopic (exact) mass is 247 g/mol. The molecule has 6 nitrogen and oxygen atoms in total. The molecule has 2 aromatic rings. The van der Waals surface area contributed by atoms with Gasteiger partial charge in [-0.15, -0.1) is 0 Å². The molecule has 0 spiro atoms. The van der Waals surface area contributed by atoms with Gasteiger partial charge in [0, 0.05) is 12.4 Å². The number of hydrazine groups is 1. The summed E-state index contributed by atoms with van der Waals surface area (Å²) in [4.78, 5) is 19.3. The minimum absolute atomic E-state index is 0.151. The number of rotatable bonds is 3. The van der Waals surface area contributed by atoms with Crippen LogP contribution >= 0.6 is 0 Å². The van der Waals surface area contributed by atoms with E-state index in [0.29, 0.717) is 5.69 Å². The molecule has 0 atom stereocenters. The number of nitrogens with two attached hydrogens (primary N) is 1. The van der Waals surface area contributed by atoms with Crippen LogP contribution in [0.1, 0.15) is 10.4 Å². The number of hydrogen-bond donors (Lipinski definition) is 3. The minimum Gasteiger partial charge on any atom is -0.320 e. The lowest BCUT2D eigenvalue weighted by molar-refractivity contribution is 0.102. The topological polar surface area (TPSA) is 92.9 Å². The molecule has 4 N–H and O–H groups in total. The zero-order valence-corrected chi connectivity index (χ0v) is 9.22. The highest BCUT2D eigenvalue weighted by molar-refractivity contribution is 6.04. The molecule has 2 heterocycles. The second-order valence-electron chi connectivity index (χ2n) is 3.36. The van der Waals surface area contributed by atoms with E-state index in [-0.39, 0.29) is 11.4 Å². The van der Waals surface area contributed by atoms with Crippen molar-refractivity contribution in [3.8, 4) is 0 Å². The second-order valence-corrected chi connectivity index (χ2v) is 3.36. The van der Waals surface area contributed by atoms with Gasteiger partial charge in [0.15, 0.2) is 11.6 Å². The van der Waals surface area contributed by atoms with Crippen LogP contribution in [-0.4, -0.2) is 15.9 Å². The second kappa shape index (κ2) is 5.19. The SMILES string of the molecule is NNc1nccc(C(=O)Nc2cccnc2)c1F. The maximum absolute atomic E-state index is 13.7. The van der Waals surface area contributed by atoms with Crippen molar-refractivity contribution < 1.29 is 9.18 Å². The summed E-state index contributed by atoms with van der Waals surface area (Å²) >= 11 is 0. The van der Waals surface area contributed by atoms with Crippen LogP contribution in [0.15, 0.2) is 36.8 Å². The lowest BCUT2D eigenvalue weighted by atomic mass is 10.2. The molecule has 0 fully saturated rings. The van der Waals surface area contributed by atoms with Gasteiger partial charge in [-0.3, -0.25) is 9.78 Å². The number of carbonyl (C=O) groups excluding carboxylic acids is 1. The van der Waals surface area contributed by atoms with Crippen LogP contribution in [-0.2, 0) is 0 Å². The molecule has 0 saturated heterocycles. The number of nitrogen functional groups attached to an aromatic ring is 1. The van der Waals surface area contributed by atoms with Crippen LogP contribution in [0.4, 0.5) is 15.9 Å². The van der Waals surface area contributed by atoms with E-state index >= 15 is 0 Å². The largest absolute Gasteiger partial charge is 0.320 e. The number of aromatic nitrogens is 2. The average molecular weight is 247 g/mol. The highest BCUT2D eigenvalue weighted by Crippen LogP contribution is 2.15. The Morgan fingerprint density at radius 2 is 2.17 bits per heavy atom. The first-order valence-corrected chi connectivity index (χ1v) is 5.05. The molecule has 18 heavy (non-hydrogen) atoms. The van der Waals surface area contributed by atoms with Crippen molar-refractivity contribution in [2.45, 2.75) is 0 Å². The molecule has 0 radical (unpaired) electrons. The average Bonchev–Trinajstić information content (AvgIpc) is 2.40. The lowest BCUT2D eigenvalue weighted by Crippen LogP contribution is -2.17. The van der Waals surface area contributed by atoms with Crippen LogP contribution in [0, 0.1) is 5.82 Å². The van der Waals surface area contributed by atoms with E-state index < -0.39 is 11.7 Å². The Kier molecular flexibility index (Phi) is 3.44. The first-order chi connectivity index (χ1) is 8.72. The van der Waals surface area contributed by atoms with E-state index in [4.69, 9.17) is 5.84 Å². The van der Waals surface area contributed by atoms with Gasteiger partial charge in [-0.05, 0) is 18.2 Å². The van der Waals surface area contributed by atoms with Crippen LogP contribution < -0.4 is 16.6 Å². The Morgan fingerprint density at radius 3 is 2.83 bits per heavy atom. The van der Waals surface area contributed by atoms with E-state index in [1.807, 2.05) is 0 Å². The third-order valence-electron chi connectivity index (χ3n) is 2.19. The minimum atomic E-state index is -0.804. The van der Waals surface area contributed by atoms with E-state index in [1.54, 1.807) is 18.3 Å². The number of pyridine rings is 2. The Bertz CT molecular complexity index is 561. The van der Waals surface area contributed by atoms with Gasteiger partial charge in [0.2, 0.25) is 0 Å². The fourth-order valence-electron chi connectivity index (χ4n) is 1.35. The van der Waals surface area contributed by atoms with Crippen LogP contribution in [0.5, 0.6) is 0 Å². The number of nitrogens with zero attached hydrogens (tertiary/aromatic N) is 2. The van der Waals surface area contributed by atoms with Gasteiger partial charge >= 0.3 is 0 Å². The molecule has 2 rings (SSSR count). The number of nitrogens with one attached hydrogen (secondary N) is 2. The zero-order valence-electron chi connectivity index (χ0n) is 9.22. The van der Waals surface area contributed by atoms with Crippen LogP contribution in [0.25, 0.3) is 0 Å². The summed E-state index contributed by atoms with van der Waals surface area (Å²) in [6, 6.07) is 4.57. The number of hydrogen-bond acceptors (Lipinski definition) is 5. The summed E-state index contributed by atoms with van der Waals surface area (Å²) in [5, 5.41) is 2.51. The molecule has 2 aromatic heterocycles. The van der Waals surface area contributed by atoms with Crippen LogP contribution in [0.3, 0.4) is 0 Å². The smallest absolute Gasteiger partial charge is 0.258 e. The molecular weight excluding hydrogens is 237 g/mol. The summed E-state index contributed by atoms with van der Waals surface area (Å²) in [5.41, 5.74) is 2.40. The first kappa shape index (κ1) is 11.9. The van der Waals surface area contributed by atoms with Crippen molar-refractivity contribution in [2.75, 3.05) is 10.7 Å². The predicted octanol–water partition coefficient (Wildman–Crippen LogP) is 1.15. The van der Waals surface area contributed by atoms with E-state index in [9.17, 15) is 9.18 Å². The number of carbonyl (C=O) groups is 1. The molecule has 0 bridgehead atoms. The van der Waals surface area contributed by atoms with Gasteiger partial charge in [0.1, 0.15) is 0 Å². The molecule has 0 unspecified atom stereocenters. The normalized spacial score (nSPS) is 9.89. The van der Waals surface area contributed by atoms with Gasteiger partial charge in [-0.25, -0.2) is 15.2 Å². The molecule has 92 valence electrons. The molecule has 7 heteroatoms. The van der Waals surface area contributed by atoms with Gasteiger partial charge in [0.05, 0.1) is 17.4 Å². The van der Waals surface area contributed by atoms with Crippen molar-refractivity contribution in [1.82, 2.24) is 9.97 Å². The standard InChI is InChI=1S/C11H10FN5O/c12-9-8(3-5-15-10(9)17-13)11(18)16-7-2-1-4-14-6-7/h1-6H,13H2,(H,15,17)(H,16,18). The van der Waals surface area contributed by atoms with Crippen LogP contribution in [0.2, 0.25) is 0 Å². The van der Waals surface area contributed by atoms with Crippen molar-refractivity contribution >= 4 is 17.4 Å². The number of anilines is 2. The molecule has 0 aliphatic carbocycles. The summed E-state index contributed by atoms with van der Waals surface area (Å²) in [7, 11) is 0. The molecule has 0 saturated carbocycles. The van der Waals surface area contributed by atoms with Gasteiger partial charge in [0.25, 0.3) is 5.91 Å². The number of amides is 1. The van der Waals surface area contributed by atoms with E-state index in [0.717, 1.165) is 0 Å². The van der Waals surface area contributed by atoms with Gasteiger partial charge in [-0.2, -0.15) is 0 Å². The van der Waals surface area contributed by atoms with Crippen molar-refractivity contribution in [3.05, 3.63) is 48.2 Å². The molecular formula is C11H10FN5O. The van der Waals surface area contributed by atoms with E-state index in [1.165, 1.54) is 18.5 Å². The Hall–Kier alpha value is -2.54. The van der Waals surface area contributed by atoms with Crippen molar-refractivity contribution in [3.63, 3.8) is 0 Å². The Balaban J connectivity index is 2.24. The lowest BCUT2D eigenvalue weighted by Gasteiger charge is -2.07. The summed E-state index contributed by atoms with van der Waals surface area (Å²) in [6.07, 6.45) is 4.31. The van der Waals surface area contributed by atoms with Crippen molar-refractivity contribution in [1.29, 1.82) is 0 Å². The molecule has 0 aromatic carbocycles. The highest BCUT2D eigenvalue weighted by atomic mass is 19.1. The summed E-state index contributed by atoms with van der Waals surface area (Å²) in [5.74, 6) is 3.49. The summed E-state index contributed by atoms with van der Waals surface area (Å²) in [6.45, 7) is 0. The highest BCUT2D eigenvalue weighted by Gasteiger charge is 2.15. The van der Waals surface area contributed by atoms with E-state index in [2.05, 4.69) is 20.7 Å². The third kappa shape index (κ3) is 2.41. The fraction of sp³-hybridized carbons (Fsp3) is 0. The molecule has 1 amide bonds. The Morgan fingerprint density at radius 1 is 1.33 bits per heavy atom. The third-order valence-corrected chi connectivity index (χ3v) is 2.19. The maximum atomic E-state index is 13.7. The number of halogens is 1. The van der Waals surface area contributed by atoms with Gasteiger partial charge < -0.3 is 10.7 Å².